The highest BCUT2D eigenvalue weighted by molar-refractivity contribution is 6.08. The Labute approximate surface area is 141 Å². The lowest BCUT2D eigenvalue weighted by molar-refractivity contribution is 0.0692. The summed E-state index contributed by atoms with van der Waals surface area (Å²) in [6.07, 6.45) is 0.0381. The predicted molar refractivity (Wildman–Crippen MR) is 88.9 cm³/mol. The molecule has 126 valence electrons. The van der Waals surface area contributed by atoms with Crippen LogP contribution in [0.4, 0.5) is 14.9 Å². The second-order valence-corrected chi connectivity index (χ2v) is 5.17. The summed E-state index contributed by atoms with van der Waals surface area (Å²) < 4.78 is 19.2. The standard InChI is InChI=1S/C18H13FN2O4/c19-13-9-20-16(17(22)23)12-7-4-8-14(15(12)13)21-18(24)25-10-11-5-2-1-3-6-11/h1-9H,10H2,(H,21,24)(H,22,23). The number of nitrogens with one attached hydrogen (secondary N) is 1. The third-order valence-electron chi connectivity index (χ3n) is 3.52. The Morgan fingerprint density at radius 2 is 1.88 bits per heavy atom. The van der Waals surface area contributed by atoms with Gasteiger partial charge in [-0.3, -0.25) is 5.32 Å². The number of carboxylic acid groups (broad SMARTS) is 1. The van der Waals surface area contributed by atoms with Crippen molar-refractivity contribution in [1.82, 2.24) is 4.98 Å². The molecule has 3 aromatic rings. The highest BCUT2D eigenvalue weighted by Crippen LogP contribution is 2.28. The number of nitrogens with zero attached hydrogens (tertiary/aromatic N) is 1. The van der Waals surface area contributed by atoms with Gasteiger partial charge >= 0.3 is 12.1 Å². The molecule has 0 aliphatic heterocycles. The maximum atomic E-state index is 14.1. The molecular formula is C18H13FN2O4. The van der Waals surface area contributed by atoms with Crippen molar-refractivity contribution in [2.45, 2.75) is 6.61 Å². The zero-order valence-corrected chi connectivity index (χ0v) is 12.9. The van der Waals surface area contributed by atoms with Gasteiger partial charge in [-0.1, -0.05) is 42.5 Å². The summed E-state index contributed by atoms with van der Waals surface area (Å²) in [6, 6.07) is 13.5. The molecule has 0 saturated heterocycles. The number of halogens is 1. The van der Waals surface area contributed by atoms with Gasteiger partial charge in [0.05, 0.1) is 11.9 Å². The summed E-state index contributed by atoms with van der Waals surface area (Å²) >= 11 is 0. The average molecular weight is 340 g/mol. The van der Waals surface area contributed by atoms with Crippen LogP contribution in [-0.2, 0) is 11.3 Å². The molecule has 2 N–H and O–H groups in total. The van der Waals surface area contributed by atoms with Gasteiger partial charge in [0.15, 0.2) is 11.5 Å². The van der Waals surface area contributed by atoms with Crippen LogP contribution in [0.3, 0.4) is 0 Å². The van der Waals surface area contributed by atoms with Gasteiger partial charge in [-0.05, 0) is 11.6 Å². The fourth-order valence-electron chi connectivity index (χ4n) is 2.41. The van der Waals surface area contributed by atoms with E-state index in [2.05, 4.69) is 10.3 Å². The van der Waals surface area contributed by atoms with Crippen molar-refractivity contribution in [2.24, 2.45) is 0 Å². The maximum absolute atomic E-state index is 14.1. The van der Waals surface area contributed by atoms with Gasteiger partial charge in [-0.25, -0.2) is 19.0 Å². The Hall–Kier alpha value is -3.48. The molecule has 0 spiro atoms. The van der Waals surface area contributed by atoms with Crippen molar-refractivity contribution < 1.29 is 23.8 Å². The molecule has 1 amide bonds. The SMILES string of the molecule is O=C(Nc1cccc2c(C(=O)O)ncc(F)c12)OCc1ccccc1. The van der Waals surface area contributed by atoms with Crippen molar-refractivity contribution in [3.63, 3.8) is 0 Å². The van der Waals surface area contributed by atoms with Gasteiger partial charge in [-0.2, -0.15) is 0 Å². The number of anilines is 1. The Morgan fingerprint density at radius 3 is 2.60 bits per heavy atom. The first-order valence-corrected chi connectivity index (χ1v) is 7.34. The number of benzene rings is 2. The van der Waals surface area contributed by atoms with E-state index < -0.39 is 17.9 Å². The number of carbonyl (C=O) groups excluding carboxylic acids is 1. The third kappa shape index (κ3) is 3.55. The highest BCUT2D eigenvalue weighted by atomic mass is 19.1. The number of aromatic nitrogens is 1. The number of hydrogen-bond donors (Lipinski definition) is 2. The van der Waals surface area contributed by atoms with Crippen LogP contribution in [0.2, 0.25) is 0 Å². The van der Waals surface area contributed by atoms with E-state index in [1.165, 1.54) is 18.2 Å². The summed E-state index contributed by atoms with van der Waals surface area (Å²) in [5.74, 6) is -2.02. The third-order valence-corrected chi connectivity index (χ3v) is 3.52. The van der Waals surface area contributed by atoms with Gasteiger partial charge in [-0.15, -0.1) is 0 Å². The number of ether oxygens (including phenoxy) is 1. The molecule has 0 aliphatic carbocycles. The van der Waals surface area contributed by atoms with Gasteiger partial charge < -0.3 is 9.84 Å². The van der Waals surface area contributed by atoms with E-state index in [1.807, 2.05) is 18.2 Å². The normalized spacial score (nSPS) is 10.4. The predicted octanol–water partition coefficient (Wildman–Crippen LogP) is 3.82. The number of rotatable bonds is 4. The molecule has 0 unspecified atom stereocenters. The van der Waals surface area contributed by atoms with Crippen molar-refractivity contribution in [2.75, 3.05) is 5.32 Å². The molecule has 1 heterocycles. The second-order valence-electron chi connectivity index (χ2n) is 5.17. The van der Waals surface area contributed by atoms with Crippen LogP contribution < -0.4 is 5.32 Å². The fourth-order valence-corrected chi connectivity index (χ4v) is 2.41. The summed E-state index contributed by atoms with van der Waals surface area (Å²) in [4.78, 5) is 26.8. The average Bonchev–Trinajstić information content (AvgIpc) is 2.61. The minimum Gasteiger partial charge on any atom is -0.476 e. The number of carbonyl (C=O) groups is 2. The number of fused-ring (bicyclic) bond motifs is 1. The smallest absolute Gasteiger partial charge is 0.411 e. The Balaban J connectivity index is 1.85. The zero-order chi connectivity index (χ0) is 17.8. The van der Waals surface area contributed by atoms with Crippen LogP contribution in [-0.4, -0.2) is 22.2 Å². The lowest BCUT2D eigenvalue weighted by Gasteiger charge is -2.11. The molecular weight excluding hydrogens is 327 g/mol. The minimum atomic E-state index is -1.28. The zero-order valence-electron chi connectivity index (χ0n) is 12.9. The molecule has 0 aliphatic rings. The Bertz CT molecular complexity index is 944. The first-order chi connectivity index (χ1) is 12.1. The molecule has 0 radical (unpaired) electrons. The molecule has 0 fully saturated rings. The molecule has 1 aromatic heterocycles. The molecule has 0 atom stereocenters. The molecule has 0 bridgehead atoms. The van der Waals surface area contributed by atoms with Crippen LogP contribution in [0.1, 0.15) is 16.1 Å². The van der Waals surface area contributed by atoms with E-state index in [0.717, 1.165) is 11.8 Å². The number of pyridine rings is 1. The second kappa shape index (κ2) is 6.96. The molecule has 6 nitrogen and oxygen atoms in total. The largest absolute Gasteiger partial charge is 0.476 e. The van der Waals surface area contributed by atoms with Gasteiger partial charge in [0.1, 0.15) is 6.61 Å². The monoisotopic (exact) mass is 340 g/mol. The van der Waals surface area contributed by atoms with Crippen LogP contribution in [0, 0.1) is 5.82 Å². The van der Waals surface area contributed by atoms with E-state index in [9.17, 15) is 14.0 Å². The van der Waals surface area contributed by atoms with Crippen molar-refractivity contribution >= 4 is 28.5 Å². The topological polar surface area (TPSA) is 88.5 Å². The Morgan fingerprint density at radius 1 is 1.12 bits per heavy atom. The summed E-state index contributed by atoms with van der Waals surface area (Å²) in [7, 11) is 0. The van der Waals surface area contributed by atoms with Gasteiger partial charge in [0, 0.05) is 10.8 Å². The first kappa shape index (κ1) is 16.4. The number of carboxylic acids is 1. The lowest BCUT2D eigenvalue weighted by Crippen LogP contribution is -2.14. The van der Waals surface area contributed by atoms with Crippen molar-refractivity contribution in [1.29, 1.82) is 0 Å². The van der Waals surface area contributed by atoms with Crippen LogP contribution in [0.25, 0.3) is 10.8 Å². The Kier molecular flexibility index (Phi) is 4.56. The van der Waals surface area contributed by atoms with Gasteiger partial charge in [0.25, 0.3) is 0 Å². The number of amides is 1. The lowest BCUT2D eigenvalue weighted by atomic mass is 10.1. The molecule has 7 heteroatoms. The van der Waals surface area contributed by atoms with E-state index in [1.54, 1.807) is 12.1 Å². The van der Waals surface area contributed by atoms with Crippen LogP contribution in [0.15, 0.2) is 54.7 Å². The van der Waals surface area contributed by atoms with Gasteiger partial charge in [0.2, 0.25) is 0 Å². The maximum Gasteiger partial charge on any atom is 0.411 e. The quantitative estimate of drug-likeness (QED) is 0.754. The van der Waals surface area contributed by atoms with Crippen molar-refractivity contribution in [3.8, 4) is 0 Å². The first-order valence-electron chi connectivity index (χ1n) is 7.34. The van der Waals surface area contributed by atoms with E-state index in [0.29, 0.717) is 0 Å². The van der Waals surface area contributed by atoms with Crippen molar-refractivity contribution in [3.05, 3.63) is 71.8 Å². The molecule has 3 rings (SSSR count). The van der Waals surface area contributed by atoms with E-state index in [-0.39, 0.29) is 28.8 Å². The number of hydrogen-bond acceptors (Lipinski definition) is 4. The molecule has 0 saturated carbocycles. The summed E-state index contributed by atoms with van der Waals surface area (Å²) in [5, 5.41) is 11.7. The highest BCUT2D eigenvalue weighted by Gasteiger charge is 2.17. The molecule has 25 heavy (non-hydrogen) atoms. The summed E-state index contributed by atoms with van der Waals surface area (Å²) in [5.41, 5.74) is 0.620. The minimum absolute atomic E-state index is 0.0356. The van der Waals surface area contributed by atoms with Crippen LogP contribution in [0.5, 0.6) is 0 Å². The fraction of sp³-hybridized carbons (Fsp3) is 0.0556. The van der Waals surface area contributed by atoms with E-state index in [4.69, 9.17) is 9.84 Å². The van der Waals surface area contributed by atoms with Crippen LogP contribution >= 0.6 is 0 Å². The molecule has 2 aromatic carbocycles. The van der Waals surface area contributed by atoms with E-state index >= 15 is 0 Å². The number of aromatic carboxylic acids is 1. The summed E-state index contributed by atoms with van der Waals surface area (Å²) in [6.45, 7) is 0.0574.